The van der Waals surface area contributed by atoms with E-state index in [1.54, 1.807) is 25.1 Å². The first-order valence-corrected chi connectivity index (χ1v) is 8.39. The first-order valence-electron chi connectivity index (χ1n) is 8.02. The molecule has 0 atom stereocenters. The normalized spacial score (nSPS) is 14.0. The monoisotopic (exact) mass is 388 g/mol. The SMILES string of the molecule is CCOC(=O)c1ccccc1N1C(=O)C(Cl)=C(Nc2ccccc2F)C1=O. The fourth-order valence-corrected chi connectivity index (χ4v) is 2.79. The number of benzene rings is 2. The summed E-state index contributed by atoms with van der Waals surface area (Å²) in [6.45, 7) is 1.77. The third kappa shape index (κ3) is 3.41. The summed E-state index contributed by atoms with van der Waals surface area (Å²) in [5.41, 5.74) is -0.204. The summed E-state index contributed by atoms with van der Waals surface area (Å²) in [4.78, 5) is 38.3. The number of nitrogens with one attached hydrogen (secondary N) is 1. The quantitative estimate of drug-likeness (QED) is 0.627. The summed E-state index contributed by atoms with van der Waals surface area (Å²) < 4.78 is 18.8. The van der Waals surface area contributed by atoms with Crippen LogP contribution in [0.2, 0.25) is 0 Å². The Morgan fingerprint density at radius 2 is 1.78 bits per heavy atom. The van der Waals surface area contributed by atoms with Crippen molar-refractivity contribution in [3.05, 3.63) is 70.6 Å². The highest BCUT2D eigenvalue weighted by Gasteiger charge is 2.40. The lowest BCUT2D eigenvalue weighted by Crippen LogP contribution is -2.33. The van der Waals surface area contributed by atoms with Gasteiger partial charge in [0.15, 0.2) is 0 Å². The van der Waals surface area contributed by atoms with Gasteiger partial charge in [0.1, 0.15) is 16.5 Å². The zero-order chi connectivity index (χ0) is 19.6. The molecular weight excluding hydrogens is 375 g/mol. The zero-order valence-corrected chi connectivity index (χ0v) is 14.9. The predicted molar refractivity (Wildman–Crippen MR) is 97.8 cm³/mol. The molecule has 2 amide bonds. The molecule has 1 aliphatic heterocycles. The molecule has 2 aromatic carbocycles. The van der Waals surface area contributed by atoms with E-state index in [0.29, 0.717) is 0 Å². The average molecular weight is 389 g/mol. The molecular formula is C19H14ClFN2O4. The van der Waals surface area contributed by atoms with Gasteiger partial charge in [-0.15, -0.1) is 0 Å². The van der Waals surface area contributed by atoms with E-state index in [-0.39, 0.29) is 29.2 Å². The van der Waals surface area contributed by atoms with Gasteiger partial charge in [-0.25, -0.2) is 14.1 Å². The molecule has 0 aromatic heterocycles. The van der Waals surface area contributed by atoms with Crippen molar-refractivity contribution < 1.29 is 23.5 Å². The molecule has 138 valence electrons. The maximum absolute atomic E-state index is 13.9. The lowest BCUT2D eigenvalue weighted by molar-refractivity contribution is -0.120. The Kier molecular flexibility index (Phi) is 5.23. The van der Waals surface area contributed by atoms with Crippen molar-refractivity contribution in [2.45, 2.75) is 6.92 Å². The van der Waals surface area contributed by atoms with Crippen molar-refractivity contribution in [2.24, 2.45) is 0 Å². The van der Waals surface area contributed by atoms with E-state index in [4.69, 9.17) is 16.3 Å². The molecule has 6 nitrogen and oxygen atoms in total. The van der Waals surface area contributed by atoms with Gasteiger partial charge in [0.05, 0.1) is 23.5 Å². The van der Waals surface area contributed by atoms with Crippen molar-refractivity contribution in [3.8, 4) is 0 Å². The van der Waals surface area contributed by atoms with E-state index in [2.05, 4.69) is 5.32 Å². The number of anilines is 2. The van der Waals surface area contributed by atoms with Gasteiger partial charge >= 0.3 is 5.97 Å². The number of hydrogen-bond acceptors (Lipinski definition) is 5. The standard InChI is InChI=1S/C19H14ClFN2O4/c1-2-27-19(26)11-7-3-6-10-14(11)23-17(24)15(20)16(18(23)25)22-13-9-5-4-8-12(13)21/h3-10,22H,2H2,1H3. The molecule has 0 aliphatic carbocycles. The topological polar surface area (TPSA) is 75.7 Å². The highest BCUT2D eigenvalue weighted by atomic mass is 35.5. The fourth-order valence-electron chi connectivity index (χ4n) is 2.58. The molecule has 0 saturated heterocycles. The van der Waals surface area contributed by atoms with Crippen molar-refractivity contribution >= 4 is 40.8 Å². The van der Waals surface area contributed by atoms with Crippen LogP contribution in [0.3, 0.4) is 0 Å². The molecule has 0 fully saturated rings. The van der Waals surface area contributed by atoms with E-state index < -0.39 is 28.6 Å². The minimum absolute atomic E-state index is 0.00710. The molecule has 1 aliphatic rings. The highest BCUT2D eigenvalue weighted by molar-refractivity contribution is 6.53. The molecule has 0 bridgehead atoms. The lowest BCUT2D eigenvalue weighted by atomic mass is 10.1. The van der Waals surface area contributed by atoms with E-state index in [0.717, 1.165) is 4.90 Å². The number of esters is 1. The Morgan fingerprint density at radius 3 is 2.48 bits per heavy atom. The van der Waals surface area contributed by atoms with Crippen LogP contribution in [0.5, 0.6) is 0 Å². The lowest BCUT2D eigenvalue weighted by Gasteiger charge is -2.18. The summed E-state index contributed by atoms with van der Waals surface area (Å²) in [6, 6.07) is 11.7. The summed E-state index contributed by atoms with van der Waals surface area (Å²) in [7, 11) is 0. The smallest absolute Gasteiger partial charge is 0.340 e. The Morgan fingerprint density at radius 1 is 1.11 bits per heavy atom. The van der Waals surface area contributed by atoms with Crippen molar-refractivity contribution in [1.29, 1.82) is 0 Å². The summed E-state index contributed by atoms with van der Waals surface area (Å²) in [5, 5.41) is 2.16. The average Bonchev–Trinajstić information content (AvgIpc) is 2.87. The Hall–Kier alpha value is -3.19. The fraction of sp³-hybridized carbons (Fsp3) is 0.105. The Balaban J connectivity index is 1.98. The maximum Gasteiger partial charge on any atom is 0.340 e. The molecule has 2 aromatic rings. The molecule has 8 heteroatoms. The summed E-state index contributed by atoms with van der Waals surface area (Å²) >= 11 is 6.03. The van der Waals surface area contributed by atoms with Crippen molar-refractivity contribution in [3.63, 3.8) is 0 Å². The zero-order valence-electron chi connectivity index (χ0n) is 14.2. The van der Waals surface area contributed by atoms with Crippen LogP contribution >= 0.6 is 11.6 Å². The molecule has 0 unspecified atom stereocenters. The van der Waals surface area contributed by atoms with Crippen LogP contribution in [0.15, 0.2) is 59.3 Å². The van der Waals surface area contributed by atoms with Crippen LogP contribution in [-0.4, -0.2) is 24.4 Å². The van der Waals surface area contributed by atoms with Gasteiger partial charge in [-0.1, -0.05) is 35.9 Å². The van der Waals surface area contributed by atoms with Gasteiger partial charge in [-0.2, -0.15) is 0 Å². The number of ether oxygens (including phenoxy) is 1. The first-order chi connectivity index (χ1) is 13.0. The molecule has 0 saturated carbocycles. The molecule has 27 heavy (non-hydrogen) atoms. The third-order valence-corrected chi connectivity index (χ3v) is 4.15. The molecule has 0 spiro atoms. The number of rotatable bonds is 5. The molecule has 0 radical (unpaired) electrons. The van der Waals surface area contributed by atoms with Crippen LogP contribution in [0.25, 0.3) is 0 Å². The van der Waals surface area contributed by atoms with Gasteiger partial charge in [0.2, 0.25) is 0 Å². The van der Waals surface area contributed by atoms with Crippen LogP contribution in [0.1, 0.15) is 17.3 Å². The molecule has 3 rings (SSSR count). The number of carbonyl (C=O) groups is 3. The van der Waals surface area contributed by atoms with E-state index in [9.17, 15) is 18.8 Å². The molecule has 1 N–H and O–H groups in total. The van der Waals surface area contributed by atoms with Gasteiger partial charge < -0.3 is 10.1 Å². The largest absolute Gasteiger partial charge is 0.462 e. The summed E-state index contributed by atoms with van der Waals surface area (Å²) in [5.74, 6) is -2.91. The first kappa shape index (κ1) is 18.6. The van der Waals surface area contributed by atoms with Gasteiger partial charge in [-0.05, 0) is 31.2 Å². The van der Waals surface area contributed by atoms with Crippen molar-refractivity contribution in [2.75, 3.05) is 16.8 Å². The maximum atomic E-state index is 13.9. The van der Waals surface area contributed by atoms with Crippen LogP contribution in [0.4, 0.5) is 15.8 Å². The van der Waals surface area contributed by atoms with Gasteiger partial charge in [0.25, 0.3) is 11.8 Å². The highest BCUT2D eigenvalue weighted by Crippen LogP contribution is 2.32. The van der Waals surface area contributed by atoms with Crippen LogP contribution < -0.4 is 10.2 Å². The van der Waals surface area contributed by atoms with Crippen LogP contribution in [-0.2, 0) is 14.3 Å². The Bertz CT molecular complexity index is 974. The number of nitrogens with zero attached hydrogens (tertiary/aromatic N) is 1. The number of amides is 2. The predicted octanol–water partition coefficient (Wildman–Crippen LogP) is 3.44. The Labute approximate surface area is 159 Å². The van der Waals surface area contributed by atoms with E-state index in [1.807, 2.05) is 0 Å². The number of hydrogen-bond donors (Lipinski definition) is 1. The minimum Gasteiger partial charge on any atom is -0.462 e. The van der Waals surface area contributed by atoms with Crippen molar-refractivity contribution in [1.82, 2.24) is 0 Å². The molecule has 1 heterocycles. The van der Waals surface area contributed by atoms with Gasteiger partial charge in [-0.3, -0.25) is 9.59 Å². The number of carbonyl (C=O) groups excluding carboxylic acids is 3. The van der Waals surface area contributed by atoms with Gasteiger partial charge in [0, 0.05) is 0 Å². The van der Waals surface area contributed by atoms with Crippen LogP contribution in [0, 0.1) is 5.82 Å². The number of imide groups is 1. The minimum atomic E-state index is -0.822. The second-order valence-corrected chi connectivity index (χ2v) is 5.86. The second kappa shape index (κ2) is 7.59. The number of para-hydroxylation sites is 2. The van der Waals surface area contributed by atoms with E-state index >= 15 is 0 Å². The van der Waals surface area contributed by atoms with E-state index in [1.165, 1.54) is 30.3 Å². The third-order valence-electron chi connectivity index (χ3n) is 3.80. The summed E-state index contributed by atoms with van der Waals surface area (Å²) in [6.07, 6.45) is 0. The second-order valence-electron chi connectivity index (χ2n) is 5.48. The number of halogens is 2.